The largest absolute Gasteiger partial charge is 0.385 e. The molecule has 1 fully saturated rings. The summed E-state index contributed by atoms with van der Waals surface area (Å²) in [5, 5.41) is 11.3. The Labute approximate surface area is 189 Å². The first kappa shape index (κ1) is 22.4. The highest BCUT2D eigenvalue weighted by Gasteiger charge is 2.34. The lowest BCUT2D eigenvalue weighted by atomic mass is 9.83. The molecule has 0 spiro atoms. The fraction of sp³-hybridized carbons (Fsp3) is 0.321. The number of unbranched alkanes of at least 4 members (excludes halogenated alkanes) is 1. The summed E-state index contributed by atoms with van der Waals surface area (Å²) in [5.41, 5.74) is 2.38. The number of aryl methyl sites for hydroxylation is 1. The fourth-order valence-corrected chi connectivity index (χ4v) is 4.46. The molecule has 0 saturated carbocycles. The first-order valence-corrected chi connectivity index (χ1v) is 11.4. The maximum Gasteiger partial charge on any atom is 0.193 e. The van der Waals surface area contributed by atoms with Gasteiger partial charge in [0.1, 0.15) is 5.82 Å². The summed E-state index contributed by atoms with van der Waals surface area (Å²) >= 11 is 0. The van der Waals surface area contributed by atoms with Crippen LogP contribution < -0.4 is 0 Å². The maximum absolute atomic E-state index is 13.0. The van der Waals surface area contributed by atoms with Gasteiger partial charge in [-0.1, -0.05) is 60.7 Å². The Morgan fingerprint density at radius 1 is 0.875 bits per heavy atom. The van der Waals surface area contributed by atoms with E-state index in [9.17, 15) is 14.3 Å². The van der Waals surface area contributed by atoms with Crippen molar-refractivity contribution >= 4 is 5.78 Å². The highest BCUT2D eigenvalue weighted by atomic mass is 19.1. The van der Waals surface area contributed by atoms with Crippen LogP contribution in [0.2, 0.25) is 0 Å². The van der Waals surface area contributed by atoms with E-state index >= 15 is 0 Å². The van der Waals surface area contributed by atoms with Crippen LogP contribution in [-0.2, 0) is 12.0 Å². The van der Waals surface area contributed by atoms with E-state index in [1.165, 1.54) is 17.7 Å². The molecule has 0 aromatic heterocycles. The molecule has 4 heteroatoms. The third-order valence-corrected chi connectivity index (χ3v) is 6.48. The Kier molecular flexibility index (Phi) is 7.13. The van der Waals surface area contributed by atoms with E-state index in [4.69, 9.17) is 0 Å². The molecule has 4 rings (SSSR count). The molecule has 1 N–H and O–H groups in total. The molecule has 0 atom stereocenters. The van der Waals surface area contributed by atoms with Gasteiger partial charge in [-0.05, 0) is 68.0 Å². The molecule has 1 aliphatic rings. The standard InChI is InChI=1S/C28H30FNO2/c29-26-14-12-22(13-15-26)7-4-5-18-30-19-16-28(32,17-20-30)25-11-6-10-24(21-25)27(31)23-8-2-1-3-9-23/h1-3,6,8-15,21,32H,4-5,7,16-20H2. The monoisotopic (exact) mass is 431 g/mol. The molecule has 3 aromatic rings. The molecular weight excluding hydrogens is 401 g/mol. The molecule has 0 radical (unpaired) electrons. The van der Waals surface area contributed by atoms with Gasteiger partial charge in [-0.2, -0.15) is 0 Å². The summed E-state index contributed by atoms with van der Waals surface area (Å²) in [6.07, 6.45) is 4.43. The van der Waals surface area contributed by atoms with Crippen molar-refractivity contribution in [2.75, 3.05) is 19.6 Å². The highest BCUT2D eigenvalue weighted by molar-refractivity contribution is 6.09. The van der Waals surface area contributed by atoms with Crippen molar-refractivity contribution in [1.82, 2.24) is 4.90 Å². The smallest absolute Gasteiger partial charge is 0.193 e. The number of piperidine rings is 1. The Morgan fingerprint density at radius 3 is 2.28 bits per heavy atom. The minimum absolute atomic E-state index is 0.0189. The average Bonchev–Trinajstić information content (AvgIpc) is 2.84. The number of rotatable bonds is 8. The zero-order valence-corrected chi connectivity index (χ0v) is 18.3. The number of likely N-dealkylation sites (tertiary alicyclic amines) is 1. The molecule has 0 bridgehead atoms. The molecule has 0 unspecified atom stereocenters. The van der Waals surface area contributed by atoms with Crippen LogP contribution in [0, 0.1) is 5.82 Å². The van der Waals surface area contributed by atoms with Gasteiger partial charge in [-0.15, -0.1) is 0 Å². The molecule has 3 nitrogen and oxygen atoms in total. The van der Waals surface area contributed by atoms with E-state index in [0.717, 1.165) is 44.5 Å². The molecule has 32 heavy (non-hydrogen) atoms. The molecular formula is C28H30FNO2. The third kappa shape index (κ3) is 5.50. The number of carbonyl (C=O) groups excluding carboxylic acids is 1. The topological polar surface area (TPSA) is 40.5 Å². The molecule has 1 saturated heterocycles. The van der Waals surface area contributed by atoms with Gasteiger partial charge < -0.3 is 10.0 Å². The van der Waals surface area contributed by atoms with Gasteiger partial charge in [0.15, 0.2) is 5.78 Å². The van der Waals surface area contributed by atoms with Crippen molar-refractivity contribution in [3.63, 3.8) is 0 Å². The van der Waals surface area contributed by atoms with E-state index < -0.39 is 5.60 Å². The molecule has 3 aromatic carbocycles. The normalized spacial score (nSPS) is 16.1. The zero-order chi connectivity index (χ0) is 22.4. The van der Waals surface area contributed by atoms with Crippen LogP contribution in [-0.4, -0.2) is 35.4 Å². The van der Waals surface area contributed by atoms with E-state index in [1.807, 2.05) is 66.7 Å². The van der Waals surface area contributed by atoms with Gasteiger partial charge in [0.25, 0.3) is 0 Å². The highest BCUT2D eigenvalue weighted by Crippen LogP contribution is 2.33. The van der Waals surface area contributed by atoms with E-state index in [2.05, 4.69) is 4.90 Å². The number of hydrogen-bond donors (Lipinski definition) is 1. The lowest BCUT2D eigenvalue weighted by Crippen LogP contribution is -2.43. The molecule has 1 aliphatic heterocycles. The summed E-state index contributed by atoms with van der Waals surface area (Å²) in [7, 11) is 0. The Balaban J connectivity index is 1.29. The number of halogens is 1. The predicted octanol–water partition coefficient (Wildman–Crippen LogP) is 5.36. The van der Waals surface area contributed by atoms with Crippen molar-refractivity contribution in [3.05, 3.63) is 107 Å². The Bertz CT molecular complexity index is 1020. The van der Waals surface area contributed by atoms with Crippen molar-refractivity contribution in [3.8, 4) is 0 Å². The van der Waals surface area contributed by atoms with Gasteiger partial charge in [-0.25, -0.2) is 4.39 Å². The molecule has 1 heterocycles. The second kappa shape index (κ2) is 10.2. The van der Waals surface area contributed by atoms with Crippen LogP contribution in [0.3, 0.4) is 0 Å². The SMILES string of the molecule is O=C(c1ccccc1)c1cccc(C2(O)CCN(CCCCc3ccc(F)cc3)CC2)c1. The van der Waals surface area contributed by atoms with E-state index in [1.54, 1.807) is 0 Å². The van der Waals surface area contributed by atoms with Crippen molar-refractivity contribution in [2.24, 2.45) is 0 Å². The van der Waals surface area contributed by atoms with Gasteiger partial charge in [0.05, 0.1) is 5.60 Å². The Morgan fingerprint density at radius 2 is 1.56 bits per heavy atom. The first-order chi connectivity index (χ1) is 15.5. The third-order valence-electron chi connectivity index (χ3n) is 6.48. The Hall–Kier alpha value is -2.82. The van der Waals surface area contributed by atoms with Crippen LogP contribution in [0.5, 0.6) is 0 Å². The second-order valence-electron chi connectivity index (χ2n) is 8.73. The number of carbonyl (C=O) groups is 1. The van der Waals surface area contributed by atoms with Crippen LogP contribution in [0.1, 0.15) is 52.7 Å². The average molecular weight is 432 g/mol. The first-order valence-electron chi connectivity index (χ1n) is 11.4. The lowest BCUT2D eigenvalue weighted by Gasteiger charge is -2.38. The second-order valence-corrected chi connectivity index (χ2v) is 8.73. The number of ketones is 1. The van der Waals surface area contributed by atoms with Crippen molar-refractivity contribution in [2.45, 2.75) is 37.7 Å². The quantitative estimate of drug-likeness (QED) is 0.385. The van der Waals surface area contributed by atoms with Crippen LogP contribution in [0.15, 0.2) is 78.9 Å². The minimum atomic E-state index is -0.891. The predicted molar refractivity (Wildman–Crippen MR) is 125 cm³/mol. The summed E-state index contributed by atoms with van der Waals surface area (Å²) in [6, 6.07) is 23.5. The zero-order valence-electron chi connectivity index (χ0n) is 18.3. The van der Waals surface area contributed by atoms with E-state index in [0.29, 0.717) is 24.0 Å². The van der Waals surface area contributed by atoms with E-state index in [-0.39, 0.29) is 11.6 Å². The van der Waals surface area contributed by atoms with Gasteiger partial charge in [0.2, 0.25) is 0 Å². The molecule has 0 aliphatic carbocycles. The van der Waals surface area contributed by atoms with Crippen molar-refractivity contribution < 1.29 is 14.3 Å². The molecule has 0 amide bonds. The number of aliphatic hydroxyl groups is 1. The minimum Gasteiger partial charge on any atom is -0.385 e. The maximum atomic E-state index is 13.0. The van der Waals surface area contributed by atoms with Crippen LogP contribution in [0.4, 0.5) is 4.39 Å². The summed E-state index contributed by atoms with van der Waals surface area (Å²) < 4.78 is 13.0. The number of hydrogen-bond acceptors (Lipinski definition) is 3. The summed E-state index contributed by atoms with van der Waals surface area (Å²) in [4.78, 5) is 15.2. The van der Waals surface area contributed by atoms with Crippen molar-refractivity contribution in [1.29, 1.82) is 0 Å². The fourth-order valence-electron chi connectivity index (χ4n) is 4.46. The van der Waals surface area contributed by atoms with Crippen LogP contribution in [0.25, 0.3) is 0 Å². The summed E-state index contributed by atoms with van der Waals surface area (Å²) in [5.74, 6) is -0.209. The summed E-state index contributed by atoms with van der Waals surface area (Å²) in [6.45, 7) is 2.68. The lowest BCUT2D eigenvalue weighted by molar-refractivity contribution is -0.0261. The van der Waals surface area contributed by atoms with Gasteiger partial charge >= 0.3 is 0 Å². The number of nitrogens with zero attached hydrogens (tertiary/aromatic N) is 1. The number of benzene rings is 3. The molecule has 166 valence electrons. The van der Waals surface area contributed by atoms with Crippen LogP contribution >= 0.6 is 0 Å². The van der Waals surface area contributed by atoms with Gasteiger partial charge in [-0.3, -0.25) is 4.79 Å². The van der Waals surface area contributed by atoms with Gasteiger partial charge in [0, 0.05) is 24.2 Å².